The summed E-state index contributed by atoms with van der Waals surface area (Å²) in [6, 6.07) is 8.73. The van der Waals surface area contributed by atoms with Crippen LogP contribution >= 0.6 is 22.9 Å². The number of thiazole rings is 1. The van der Waals surface area contributed by atoms with E-state index in [-0.39, 0.29) is 28.5 Å². The lowest BCUT2D eigenvalue weighted by molar-refractivity contribution is 0.0204. The summed E-state index contributed by atoms with van der Waals surface area (Å²) in [5.74, 6) is -0.00570. The van der Waals surface area contributed by atoms with Crippen molar-refractivity contribution in [2.45, 2.75) is 51.7 Å². The Bertz CT molecular complexity index is 1400. The van der Waals surface area contributed by atoms with Crippen molar-refractivity contribution >= 4 is 45.9 Å². The minimum atomic E-state index is -0.676. The van der Waals surface area contributed by atoms with E-state index in [9.17, 15) is 14.0 Å². The van der Waals surface area contributed by atoms with Gasteiger partial charge < -0.3 is 19.9 Å². The first-order valence-electron chi connectivity index (χ1n) is 14.2. The molecule has 2 saturated heterocycles. The van der Waals surface area contributed by atoms with Crippen molar-refractivity contribution in [3.8, 4) is 0 Å². The molecule has 0 saturated carbocycles. The molecule has 2 fully saturated rings. The van der Waals surface area contributed by atoms with Crippen LogP contribution in [-0.4, -0.2) is 81.5 Å². The number of pyridine rings is 1. The number of halogens is 2. The van der Waals surface area contributed by atoms with Crippen molar-refractivity contribution in [3.63, 3.8) is 0 Å². The highest BCUT2D eigenvalue weighted by molar-refractivity contribution is 7.13. The number of hydrogen-bond acceptors (Lipinski definition) is 8. The van der Waals surface area contributed by atoms with Crippen molar-refractivity contribution in [1.29, 1.82) is 0 Å². The number of benzene rings is 1. The average Bonchev–Trinajstić information content (AvgIpc) is 3.47. The van der Waals surface area contributed by atoms with Gasteiger partial charge in [-0.25, -0.2) is 19.2 Å². The molecule has 3 aromatic rings. The summed E-state index contributed by atoms with van der Waals surface area (Å²) in [7, 11) is 0. The summed E-state index contributed by atoms with van der Waals surface area (Å²) in [5, 5.41) is 5.97. The Hall–Kier alpha value is -3.28. The zero-order valence-corrected chi connectivity index (χ0v) is 25.7. The number of ether oxygens (including phenoxy) is 1. The Kier molecular flexibility index (Phi) is 9.29. The maximum absolute atomic E-state index is 14.4. The van der Waals surface area contributed by atoms with Crippen molar-refractivity contribution in [2.75, 3.05) is 44.6 Å². The van der Waals surface area contributed by atoms with Crippen LogP contribution in [0.15, 0.2) is 41.9 Å². The standard InChI is InChI=1S/C30H36ClFN6O3S/c1-30(2,3)41-29(40)38-10-7-20(8-11-38)21-17-22(34-25(18-21)35-28-33-9-16-42-28)19-36-12-14-37(15-13-36)27(39)23-5-4-6-24(31)26(23)32/h4-6,9,16-18,20H,7-8,10-15,19H2,1-3H3,(H,33,34,35). The van der Waals surface area contributed by atoms with Crippen LogP contribution in [-0.2, 0) is 11.3 Å². The lowest BCUT2D eigenvalue weighted by Gasteiger charge is -2.35. The van der Waals surface area contributed by atoms with E-state index in [1.807, 2.05) is 26.2 Å². The topological polar surface area (TPSA) is 90.9 Å². The maximum Gasteiger partial charge on any atom is 0.410 e. The molecular weight excluding hydrogens is 579 g/mol. The smallest absolute Gasteiger partial charge is 0.410 e. The second kappa shape index (κ2) is 12.9. The van der Waals surface area contributed by atoms with E-state index in [1.54, 1.807) is 22.1 Å². The molecule has 0 spiro atoms. The molecule has 1 aromatic carbocycles. The Morgan fingerprint density at radius 2 is 1.83 bits per heavy atom. The van der Waals surface area contributed by atoms with E-state index in [0.717, 1.165) is 29.5 Å². The summed E-state index contributed by atoms with van der Waals surface area (Å²) in [6.45, 7) is 9.77. The maximum atomic E-state index is 14.4. The van der Waals surface area contributed by atoms with Crippen LogP contribution in [0.25, 0.3) is 0 Å². The fourth-order valence-electron chi connectivity index (χ4n) is 5.29. The van der Waals surface area contributed by atoms with Crippen LogP contribution < -0.4 is 5.32 Å². The lowest BCUT2D eigenvalue weighted by atomic mass is 9.89. The highest BCUT2D eigenvalue weighted by atomic mass is 35.5. The number of piperidine rings is 1. The van der Waals surface area contributed by atoms with Gasteiger partial charge in [0.1, 0.15) is 11.4 Å². The summed E-state index contributed by atoms with van der Waals surface area (Å²) in [4.78, 5) is 40.4. The van der Waals surface area contributed by atoms with E-state index < -0.39 is 11.4 Å². The normalized spacial score (nSPS) is 16.9. The zero-order valence-electron chi connectivity index (χ0n) is 24.1. The number of carbonyl (C=O) groups excluding carboxylic acids is 2. The Balaban J connectivity index is 1.25. The molecule has 1 N–H and O–H groups in total. The Morgan fingerprint density at radius 3 is 2.50 bits per heavy atom. The fourth-order valence-corrected chi connectivity index (χ4v) is 6.00. The summed E-state index contributed by atoms with van der Waals surface area (Å²) in [5.41, 5.74) is 1.57. The van der Waals surface area contributed by atoms with Gasteiger partial charge in [-0.2, -0.15) is 0 Å². The predicted octanol–water partition coefficient (Wildman–Crippen LogP) is 6.15. The minimum Gasteiger partial charge on any atom is -0.444 e. The van der Waals surface area contributed by atoms with Crippen molar-refractivity contribution < 1.29 is 18.7 Å². The first kappa shape index (κ1) is 30.2. The summed E-state index contributed by atoms with van der Waals surface area (Å²) < 4.78 is 20.0. The van der Waals surface area contributed by atoms with Gasteiger partial charge in [-0.3, -0.25) is 9.69 Å². The molecule has 2 amide bonds. The molecule has 12 heteroatoms. The zero-order chi connectivity index (χ0) is 29.9. The molecule has 4 heterocycles. The number of nitrogens with one attached hydrogen (secondary N) is 1. The van der Waals surface area contributed by atoms with Crippen molar-refractivity contribution in [1.82, 2.24) is 24.7 Å². The first-order chi connectivity index (χ1) is 20.1. The number of aromatic nitrogens is 2. The molecule has 224 valence electrons. The quantitative estimate of drug-likeness (QED) is 0.356. The van der Waals surface area contributed by atoms with Crippen LogP contribution in [0.5, 0.6) is 0 Å². The fraction of sp³-hybridized carbons (Fsp3) is 0.467. The number of rotatable bonds is 6. The van der Waals surface area contributed by atoms with Crippen LogP contribution in [0.1, 0.15) is 61.1 Å². The van der Waals surface area contributed by atoms with Gasteiger partial charge in [0, 0.05) is 57.4 Å². The molecule has 0 unspecified atom stereocenters. The molecule has 2 aromatic heterocycles. The molecule has 5 rings (SSSR count). The molecule has 0 radical (unpaired) electrons. The third kappa shape index (κ3) is 7.56. The third-order valence-corrected chi connectivity index (χ3v) is 8.39. The number of anilines is 2. The Labute approximate surface area is 254 Å². The van der Waals surface area contributed by atoms with E-state index >= 15 is 0 Å². The molecule has 2 aliphatic heterocycles. The number of likely N-dealkylation sites (tertiary alicyclic amines) is 1. The minimum absolute atomic E-state index is 0.000867. The molecule has 42 heavy (non-hydrogen) atoms. The number of carbonyl (C=O) groups is 2. The van der Waals surface area contributed by atoms with Crippen LogP contribution in [0, 0.1) is 5.82 Å². The van der Waals surface area contributed by atoms with Crippen LogP contribution in [0.2, 0.25) is 5.02 Å². The number of hydrogen-bond donors (Lipinski definition) is 1. The first-order valence-corrected chi connectivity index (χ1v) is 15.4. The van der Waals surface area contributed by atoms with E-state index in [0.29, 0.717) is 45.8 Å². The van der Waals surface area contributed by atoms with E-state index in [2.05, 4.69) is 27.3 Å². The van der Waals surface area contributed by atoms with Crippen LogP contribution in [0.4, 0.5) is 20.1 Å². The van der Waals surface area contributed by atoms with Gasteiger partial charge in [0.25, 0.3) is 5.91 Å². The van der Waals surface area contributed by atoms with Gasteiger partial charge >= 0.3 is 6.09 Å². The lowest BCUT2D eigenvalue weighted by Crippen LogP contribution is -2.48. The second-order valence-electron chi connectivity index (χ2n) is 11.7. The van der Waals surface area contributed by atoms with Gasteiger partial charge in [-0.05, 0) is 69.4 Å². The second-order valence-corrected chi connectivity index (χ2v) is 13.0. The predicted molar refractivity (Wildman–Crippen MR) is 162 cm³/mol. The van der Waals surface area contributed by atoms with Gasteiger partial charge in [0.15, 0.2) is 10.9 Å². The average molecular weight is 615 g/mol. The molecule has 0 aliphatic carbocycles. The van der Waals surface area contributed by atoms with Gasteiger partial charge in [-0.15, -0.1) is 11.3 Å². The third-order valence-electron chi connectivity index (χ3n) is 7.41. The van der Waals surface area contributed by atoms with Crippen molar-refractivity contribution in [3.05, 3.63) is 69.6 Å². The Morgan fingerprint density at radius 1 is 1.10 bits per heavy atom. The monoisotopic (exact) mass is 614 g/mol. The largest absolute Gasteiger partial charge is 0.444 e. The highest BCUT2D eigenvalue weighted by Crippen LogP contribution is 2.32. The van der Waals surface area contributed by atoms with Gasteiger partial charge in [0.2, 0.25) is 0 Å². The van der Waals surface area contributed by atoms with Gasteiger partial charge in [-0.1, -0.05) is 17.7 Å². The molecule has 2 aliphatic rings. The number of nitrogens with zero attached hydrogens (tertiary/aromatic N) is 5. The molecule has 0 atom stereocenters. The summed E-state index contributed by atoms with van der Waals surface area (Å²) in [6.07, 6.45) is 3.15. The molecule has 9 nitrogen and oxygen atoms in total. The molecule has 0 bridgehead atoms. The van der Waals surface area contributed by atoms with E-state index in [4.69, 9.17) is 21.3 Å². The van der Waals surface area contributed by atoms with E-state index in [1.165, 1.54) is 29.0 Å². The molecular formula is C30H36ClFN6O3S. The number of amides is 2. The SMILES string of the molecule is CC(C)(C)OC(=O)N1CCC(c2cc(CN3CCN(C(=O)c4cccc(Cl)c4F)CC3)nc(Nc3nccs3)c2)CC1. The van der Waals surface area contributed by atoms with Gasteiger partial charge in [0.05, 0.1) is 16.3 Å². The number of piperazine rings is 1. The summed E-state index contributed by atoms with van der Waals surface area (Å²) >= 11 is 7.40. The highest BCUT2D eigenvalue weighted by Gasteiger charge is 2.29. The van der Waals surface area contributed by atoms with Crippen LogP contribution in [0.3, 0.4) is 0 Å². The van der Waals surface area contributed by atoms with Crippen molar-refractivity contribution in [2.24, 2.45) is 0 Å².